The van der Waals surface area contributed by atoms with Gasteiger partial charge in [0.1, 0.15) is 10.8 Å². The predicted octanol–water partition coefficient (Wildman–Crippen LogP) is 13.9. The normalized spacial score (nSPS) is 8.75. The molecule has 0 N–H and O–H groups in total. The molecule has 0 amide bonds. The standard InChI is InChI=1S/2C7H9N.C6H10N2S.C6H8N2.C5H8N2.2C5H7NS.5CH4/c1-6-3-4-8-7(2)5-6;1-6-3-4-7(2)8-5-6;1-4(2)6-7-5(3)9-8-6;1-5-3-8-6(2)4-7-5;1-5-3-4-7(2)6-5;1-4-3-7-5(2)6-4;1-4-3-6-5(2)7-4;;;;;/h2*3-5H,1-2H3;4H,1-3H3;3-4H,1-2H3;3-4H,1-2H3;2*3H,1-2H3;5*1H4. The molecule has 0 saturated carbocycles. The summed E-state index contributed by atoms with van der Waals surface area (Å²) in [5, 5.41) is 9.43. The van der Waals surface area contributed by atoms with Gasteiger partial charge in [0.25, 0.3) is 0 Å². The molecular formula is C46H78N10S3. The maximum Gasteiger partial charge on any atom is 0.145 e. The molecule has 330 valence electrons. The molecule has 13 heteroatoms. The van der Waals surface area contributed by atoms with Crippen molar-refractivity contribution >= 4 is 34.2 Å². The van der Waals surface area contributed by atoms with Crippen LogP contribution in [0.15, 0.2) is 72.9 Å². The molecular weight excluding hydrogens is 789 g/mol. The molecule has 0 aliphatic rings. The molecule has 0 aliphatic heterocycles. The third kappa shape index (κ3) is 33.0. The lowest BCUT2D eigenvalue weighted by Crippen LogP contribution is -1.88. The fourth-order valence-corrected chi connectivity index (χ4v) is 5.58. The van der Waals surface area contributed by atoms with Crippen LogP contribution in [0.4, 0.5) is 0 Å². The predicted molar refractivity (Wildman–Crippen MR) is 262 cm³/mol. The highest BCUT2D eigenvalue weighted by Gasteiger charge is 2.03. The highest BCUT2D eigenvalue weighted by molar-refractivity contribution is 7.11. The van der Waals surface area contributed by atoms with Crippen molar-refractivity contribution in [1.29, 1.82) is 0 Å². The van der Waals surface area contributed by atoms with Crippen molar-refractivity contribution in [2.24, 2.45) is 7.05 Å². The Labute approximate surface area is 372 Å². The average molecular weight is 867 g/mol. The minimum absolute atomic E-state index is 0. The van der Waals surface area contributed by atoms with Crippen LogP contribution in [0.25, 0.3) is 0 Å². The Morgan fingerprint density at radius 1 is 0.525 bits per heavy atom. The molecule has 7 aromatic heterocycles. The van der Waals surface area contributed by atoms with Crippen LogP contribution >= 0.6 is 34.2 Å². The van der Waals surface area contributed by atoms with E-state index in [0.717, 1.165) is 55.0 Å². The van der Waals surface area contributed by atoms with Gasteiger partial charge in [0, 0.05) is 77.5 Å². The molecule has 7 rings (SSSR count). The lowest BCUT2D eigenvalue weighted by molar-refractivity contribution is 0.756. The molecule has 0 saturated heterocycles. The molecule has 0 unspecified atom stereocenters. The molecule has 0 aromatic carbocycles. The van der Waals surface area contributed by atoms with Crippen molar-refractivity contribution in [2.45, 2.75) is 140 Å². The zero-order valence-electron chi connectivity index (χ0n) is 34.7. The van der Waals surface area contributed by atoms with E-state index in [2.05, 4.69) is 89.6 Å². The Bertz CT molecular complexity index is 1750. The van der Waals surface area contributed by atoms with Crippen molar-refractivity contribution < 1.29 is 0 Å². The molecule has 7 aromatic rings. The number of aryl methyl sites for hydroxylation is 13. The SMILES string of the molecule is C.C.C.C.C.Cc1ccc(C)nc1.Cc1ccn(C)n1.Cc1ccnc(C)c1.Cc1cnc(C)cn1.Cc1cnc(C)s1.Cc1csc(C)n1.Cc1nc(C(C)C)ns1. The van der Waals surface area contributed by atoms with E-state index in [1.807, 2.05) is 119 Å². The summed E-state index contributed by atoms with van der Waals surface area (Å²) in [6.45, 7) is 28.2. The van der Waals surface area contributed by atoms with Gasteiger partial charge < -0.3 is 0 Å². The van der Waals surface area contributed by atoms with Crippen molar-refractivity contribution in [1.82, 2.24) is 49.0 Å². The van der Waals surface area contributed by atoms with Crippen LogP contribution in [0.5, 0.6) is 0 Å². The van der Waals surface area contributed by atoms with Gasteiger partial charge in [0.15, 0.2) is 0 Å². The molecule has 0 spiro atoms. The van der Waals surface area contributed by atoms with Crippen LogP contribution in [-0.4, -0.2) is 49.0 Å². The van der Waals surface area contributed by atoms with E-state index in [1.165, 1.54) is 27.5 Å². The zero-order chi connectivity index (χ0) is 40.6. The maximum absolute atomic E-state index is 4.22. The summed E-state index contributed by atoms with van der Waals surface area (Å²) in [5.74, 6) is 1.44. The highest BCUT2D eigenvalue weighted by atomic mass is 32.1. The summed E-state index contributed by atoms with van der Waals surface area (Å²) < 4.78 is 5.93. The topological polar surface area (TPSA) is 121 Å². The summed E-state index contributed by atoms with van der Waals surface area (Å²) in [7, 11) is 1.91. The van der Waals surface area contributed by atoms with Gasteiger partial charge in [-0.2, -0.15) is 9.47 Å². The lowest BCUT2D eigenvalue weighted by Gasteiger charge is -1.92. The first kappa shape index (κ1) is 63.6. The Hall–Kier alpha value is -4.59. The fraction of sp³-hybridized carbons (Fsp3) is 0.457. The second-order valence-corrected chi connectivity index (χ2v) is 16.2. The molecule has 0 atom stereocenters. The number of aromatic nitrogens is 10. The van der Waals surface area contributed by atoms with E-state index in [-0.39, 0.29) is 37.1 Å². The largest absolute Gasteiger partial charge is 0.276 e. The van der Waals surface area contributed by atoms with Gasteiger partial charge in [-0.05, 0) is 130 Å². The van der Waals surface area contributed by atoms with Crippen LogP contribution in [0.2, 0.25) is 0 Å². The van der Waals surface area contributed by atoms with E-state index in [4.69, 9.17) is 0 Å². The van der Waals surface area contributed by atoms with Crippen molar-refractivity contribution in [3.63, 3.8) is 0 Å². The molecule has 59 heavy (non-hydrogen) atoms. The van der Waals surface area contributed by atoms with Crippen LogP contribution in [-0.2, 0) is 7.05 Å². The van der Waals surface area contributed by atoms with Gasteiger partial charge in [-0.15, -0.1) is 22.7 Å². The van der Waals surface area contributed by atoms with Crippen LogP contribution in [0.3, 0.4) is 0 Å². The number of hydrogen-bond donors (Lipinski definition) is 0. The second-order valence-electron chi connectivity index (χ2n) is 12.7. The van der Waals surface area contributed by atoms with Crippen molar-refractivity contribution in [3.05, 3.63) is 144 Å². The zero-order valence-corrected chi connectivity index (χ0v) is 37.2. The van der Waals surface area contributed by atoms with Gasteiger partial charge in [0.2, 0.25) is 0 Å². The van der Waals surface area contributed by atoms with E-state index in [0.29, 0.717) is 5.92 Å². The van der Waals surface area contributed by atoms with Crippen LogP contribution < -0.4 is 0 Å². The van der Waals surface area contributed by atoms with Gasteiger partial charge >= 0.3 is 0 Å². The summed E-state index contributed by atoms with van der Waals surface area (Å²) in [4.78, 5) is 29.8. The number of hydrogen-bond acceptors (Lipinski definition) is 12. The molecule has 0 aliphatic carbocycles. The summed E-state index contributed by atoms with van der Waals surface area (Å²) in [6, 6.07) is 10.1. The minimum Gasteiger partial charge on any atom is -0.276 e. The molecule has 0 fully saturated rings. The third-order valence-corrected chi connectivity index (χ3v) is 8.75. The average Bonchev–Trinajstić information content (AvgIpc) is 3.91. The Balaban J connectivity index is -0.000000190. The summed E-state index contributed by atoms with van der Waals surface area (Å²) in [6.07, 6.45) is 11.0. The van der Waals surface area contributed by atoms with Crippen LogP contribution in [0.1, 0.15) is 128 Å². The van der Waals surface area contributed by atoms with Crippen molar-refractivity contribution in [2.75, 3.05) is 0 Å². The second kappa shape index (κ2) is 35.4. The lowest BCUT2D eigenvalue weighted by atomic mass is 10.2. The summed E-state index contributed by atoms with van der Waals surface area (Å²) >= 11 is 4.90. The third-order valence-electron chi connectivity index (χ3n) is 6.40. The minimum atomic E-state index is 0. The molecule has 10 nitrogen and oxygen atoms in total. The maximum atomic E-state index is 4.22. The highest BCUT2D eigenvalue weighted by Crippen LogP contribution is 2.12. The first-order valence-electron chi connectivity index (χ1n) is 17.5. The van der Waals surface area contributed by atoms with Crippen molar-refractivity contribution in [3.8, 4) is 0 Å². The van der Waals surface area contributed by atoms with Gasteiger partial charge in [-0.3, -0.25) is 24.6 Å². The van der Waals surface area contributed by atoms with Gasteiger partial charge in [0.05, 0.1) is 27.1 Å². The van der Waals surface area contributed by atoms with Crippen LogP contribution in [0, 0.1) is 83.1 Å². The van der Waals surface area contributed by atoms with Gasteiger partial charge in [-0.1, -0.05) is 57.0 Å². The molecule has 7 heterocycles. The number of pyridine rings is 2. The number of nitrogens with zero attached hydrogens (tertiary/aromatic N) is 10. The monoisotopic (exact) mass is 867 g/mol. The Kier molecular flexibility index (Phi) is 38.1. The van der Waals surface area contributed by atoms with E-state index >= 15 is 0 Å². The number of thiazole rings is 2. The van der Waals surface area contributed by atoms with E-state index in [1.54, 1.807) is 39.7 Å². The smallest absolute Gasteiger partial charge is 0.145 e. The molecule has 0 bridgehead atoms. The Morgan fingerprint density at radius 3 is 1.34 bits per heavy atom. The summed E-state index contributed by atoms with van der Waals surface area (Å²) in [5.41, 5.74) is 8.80. The molecule has 0 radical (unpaired) electrons. The fourth-order valence-electron chi connectivity index (χ4n) is 3.71. The van der Waals surface area contributed by atoms with E-state index in [9.17, 15) is 0 Å². The van der Waals surface area contributed by atoms with Gasteiger partial charge in [-0.25, -0.2) is 15.0 Å². The quantitative estimate of drug-likeness (QED) is 0.159. The number of rotatable bonds is 1. The Morgan fingerprint density at radius 2 is 1.12 bits per heavy atom. The first-order valence-corrected chi connectivity index (χ1v) is 20.0. The van der Waals surface area contributed by atoms with E-state index < -0.39 is 0 Å². The first-order chi connectivity index (χ1) is 25.4.